The number of nitrogens with zero attached hydrogens (tertiary/aromatic N) is 1. The molecule has 0 saturated carbocycles. The number of nitrogens with one attached hydrogen (secondary N) is 1. The highest BCUT2D eigenvalue weighted by Crippen LogP contribution is 2.22. The van der Waals surface area contributed by atoms with Crippen molar-refractivity contribution >= 4 is 17.5 Å². The van der Waals surface area contributed by atoms with Crippen molar-refractivity contribution in [2.45, 2.75) is 33.7 Å². The number of benzene rings is 2. The molecule has 3 rings (SSSR count). The second-order valence-corrected chi connectivity index (χ2v) is 7.13. The molecule has 140 valence electrons. The molecule has 0 aliphatic heterocycles. The van der Waals surface area contributed by atoms with E-state index in [9.17, 15) is 9.18 Å². The number of carbonyl (C=O) groups is 1. The monoisotopic (exact) mass is 384 g/mol. The molecule has 0 aliphatic rings. The van der Waals surface area contributed by atoms with E-state index in [4.69, 9.17) is 11.6 Å². The summed E-state index contributed by atoms with van der Waals surface area (Å²) in [5.74, 6) is -0.725. The van der Waals surface area contributed by atoms with Crippen LogP contribution in [0.3, 0.4) is 0 Å². The molecule has 0 bridgehead atoms. The quantitative estimate of drug-likeness (QED) is 0.655. The first-order chi connectivity index (χ1) is 12.9. The summed E-state index contributed by atoms with van der Waals surface area (Å²) in [7, 11) is 0. The first kappa shape index (κ1) is 19.2. The van der Waals surface area contributed by atoms with Gasteiger partial charge in [-0.3, -0.25) is 4.79 Å². The van der Waals surface area contributed by atoms with Gasteiger partial charge in [0, 0.05) is 34.2 Å². The maximum absolute atomic E-state index is 13.8. The molecule has 1 amide bonds. The first-order valence-electron chi connectivity index (χ1n) is 8.81. The lowest BCUT2D eigenvalue weighted by atomic mass is 10.1. The Labute approximate surface area is 163 Å². The van der Waals surface area contributed by atoms with Crippen LogP contribution in [0.15, 0.2) is 48.5 Å². The Balaban J connectivity index is 1.72. The molecule has 1 aromatic heterocycles. The topological polar surface area (TPSA) is 34.0 Å². The van der Waals surface area contributed by atoms with Crippen molar-refractivity contribution in [1.82, 2.24) is 9.88 Å². The maximum Gasteiger partial charge on any atom is 0.224 e. The molecule has 0 saturated heterocycles. The number of amides is 1. The lowest BCUT2D eigenvalue weighted by Crippen LogP contribution is -2.25. The summed E-state index contributed by atoms with van der Waals surface area (Å²) in [6.45, 7) is 6.51. The molecule has 0 atom stereocenters. The van der Waals surface area contributed by atoms with Crippen LogP contribution in [0.4, 0.5) is 4.39 Å². The van der Waals surface area contributed by atoms with Crippen LogP contribution in [0, 0.1) is 26.6 Å². The van der Waals surface area contributed by atoms with Crippen LogP contribution in [0.5, 0.6) is 0 Å². The van der Waals surface area contributed by atoms with Crippen molar-refractivity contribution in [3.8, 4) is 5.69 Å². The normalized spacial score (nSPS) is 10.9. The van der Waals surface area contributed by atoms with Gasteiger partial charge in [0.05, 0.1) is 6.42 Å². The Kier molecular flexibility index (Phi) is 5.66. The minimum absolute atomic E-state index is 0.0811. The van der Waals surface area contributed by atoms with E-state index in [1.807, 2.05) is 13.8 Å². The number of rotatable bonds is 5. The molecule has 27 heavy (non-hydrogen) atoms. The van der Waals surface area contributed by atoms with Gasteiger partial charge in [-0.25, -0.2) is 4.39 Å². The summed E-state index contributed by atoms with van der Waals surface area (Å²) in [6, 6.07) is 14.8. The third-order valence-electron chi connectivity index (χ3n) is 4.70. The Morgan fingerprint density at radius 1 is 1.11 bits per heavy atom. The molecular weight excluding hydrogens is 363 g/mol. The van der Waals surface area contributed by atoms with Crippen LogP contribution in [-0.4, -0.2) is 10.5 Å². The number of hydrogen-bond donors (Lipinski definition) is 1. The zero-order valence-electron chi connectivity index (χ0n) is 15.6. The van der Waals surface area contributed by atoms with Crippen LogP contribution in [-0.2, 0) is 17.8 Å². The smallest absolute Gasteiger partial charge is 0.224 e. The Bertz CT molecular complexity index is 956. The van der Waals surface area contributed by atoms with Gasteiger partial charge in [-0.2, -0.15) is 0 Å². The number of halogens is 2. The largest absolute Gasteiger partial charge is 0.352 e. The summed E-state index contributed by atoms with van der Waals surface area (Å²) >= 11 is 6.00. The van der Waals surface area contributed by atoms with Gasteiger partial charge in [0.25, 0.3) is 0 Å². The second kappa shape index (κ2) is 7.97. The molecule has 0 unspecified atom stereocenters. The van der Waals surface area contributed by atoms with Gasteiger partial charge in [-0.1, -0.05) is 35.4 Å². The summed E-state index contributed by atoms with van der Waals surface area (Å²) in [5.41, 5.74) is 5.72. The first-order valence-corrected chi connectivity index (χ1v) is 9.19. The predicted molar refractivity (Wildman–Crippen MR) is 107 cm³/mol. The van der Waals surface area contributed by atoms with E-state index in [0.29, 0.717) is 6.54 Å². The standard InChI is InChI=1S/C22H22ClFN2O/c1-14-7-9-18(10-8-14)26-15(2)11-17(16(26)3)13-25-22(27)12-19-20(23)5-4-6-21(19)24/h4-11H,12-13H2,1-3H3,(H,25,27). The molecule has 0 radical (unpaired) electrons. The van der Waals surface area contributed by atoms with E-state index in [1.165, 1.54) is 17.7 Å². The molecule has 0 fully saturated rings. The minimum atomic E-state index is -0.463. The van der Waals surface area contributed by atoms with E-state index in [0.717, 1.165) is 22.6 Å². The van der Waals surface area contributed by atoms with Crippen LogP contribution < -0.4 is 5.32 Å². The maximum atomic E-state index is 13.8. The predicted octanol–water partition coefficient (Wildman–Crippen LogP) is 5.05. The van der Waals surface area contributed by atoms with Gasteiger partial charge >= 0.3 is 0 Å². The number of aryl methyl sites for hydroxylation is 2. The second-order valence-electron chi connectivity index (χ2n) is 6.72. The van der Waals surface area contributed by atoms with E-state index in [1.54, 1.807) is 6.07 Å². The fraction of sp³-hybridized carbons (Fsp3) is 0.227. The average molecular weight is 385 g/mol. The molecule has 0 spiro atoms. The summed E-state index contributed by atoms with van der Waals surface area (Å²) in [6.07, 6.45) is -0.0811. The minimum Gasteiger partial charge on any atom is -0.352 e. The summed E-state index contributed by atoms with van der Waals surface area (Å²) in [5, 5.41) is 3.13. The van der Waals surface area contributed by atoms with Crippen LogP contribution in [0.25, 0.3) is 5.69 Å². The molecular formula is C22H22ClFN2O. The van der Waals surface area contributed by atoms with E-state index >= 15 is 0 Å². The molecule has 0 aliphatic carbocycles. The van der Waals surface area contributed by atoms with Crippen LogP contribution in [0.1, 0.15) is 28.1 Å². The molecule has 3 nitrogen and oxygen atoms in total. The van der Waals surface area contributed by atoms with Crippen LogP contribution in [0.2, 0.25) is 5.02 Å². The van der Waals surface area contributed by atoms with Crippen molar-refractivity contribution in [3.63, 3.8) is 0 Å². The lowest BCUT2D eigenvalue weighted by molar-refractivity contribution is -0.120. The van der Waals surface area contributed by atoms with Crippen molar-refractivity contribution in [1.29, 1.82) is 0 Å². The fourth-order valence-corrected chi connectivity index (χ4v) is 3.45. The van der Waals surface area contributed by atoms with Gasteiger partial charge in [-0.15, -0.1) is 0 Å². The van der Waals surface area contributed by atoms with Gasteiger partial charge in [0.2, 0.25) is 5.91 Å². The highest BCUT2D eigenvalue weighted by atomic mass is 35.5. The van der Waals surface area contributed by atoms with E-state index < -0.39 is 5.82 Å². The third kappa shape index (κ3) is 4.22. The van der Waals surface area contributed by atoms with Crippen LogP contribution >= 0.6 is 11.6 Å². The Morgan fingerprint density at radius 3 is 2.48 bits per heavy atom. The van der Waals surface area contributed by atoms with Gasteiger partial charge < -0.3 is 9.88 Å². The zero-order valence-corrected chi connectivity index (χ0v) is 16.4. The fourth-order valence-electron chi connectivity index (χ4n) is 3.22. The van der Waals surface area contributed by atoms with Gasteiger partial charge in [0.15, 0.2) is 0 Å². The van der Waals surface area contributed by atoms with Crippen molar-refractivity contribution in [3.05, 3.63) is 87.4 Å². The number of hydrogen-bond acceptors (Lipinski definition) is 1. The molecule has 5 heteroatoms. The van der Waals surface area contributed by atoms with Crippen molar-refractivity contribution < 1.29 is 9.18 Å². The SMILES string of the molecule is Cc1ccc(-n2c(C)cc(CNC(=O)Cc3c(F)cccc3Cl)c2C)cc1. The highest BCUT2D eigenvalue weighted by Gasteiger charge is 2.14. The number of carbonyl (C=O) groups excluding carboxylic acids is 1. The Hall–Kier alpha value is -2.59. The lowest BCUT2D eigenvalue weighted by Gasteiger charge is -2.11. The molecule has 3 aromatic rings. The molecule has 1 heterocycles. The van der Waals surface area contributed by atoms with E-state index in [-0.39, 0.29) is 22.9 Å². The van der Waals surface area contributed by atoms with Crippen molar-refractivity contribution in [2.24, 2.45) is 0 Å². The zero-order chi connectivity index (χ0) is 19.6. The Morgan fingerprint density at radius 2 is 1.81 bits per heavy atom. The van der Waals surface area contributed by atoms with Crippen molar-refractivity contribution in [2.75, 3.05) is 0 Å². The number of aromatic nitrogens is 1. The summed E-state index contributed by atoms with van der Waals surface area (Å²) in [4.78, 5) is 12.3. The average Bonchev–Trinajstić information content (AvgIpc) is 2.91. The third-order valence-corrected chi connectivity index (χ3v) is 5.06. The highest BCUT2D eigenvalue weighted by molar-refractivity contribution is 6.31. The van der Waals surface area contributed by atoms with E-state index in [2.05, 4.69) is 47.1 Å². The van der Waals surface area contributed by atoms with Gasteiger partial charge in [0.1, 0.15) is 5.82 Å². The summed E-state index contributed by atoms with van der Waals surface area (Å²) < 4.78 is 16.0. The molecule has 2 aromatic carbocycles. The van der Waals surface area contributed by atoms with Gasteiger partial charge in [-0.05, 0) is 56.7 Å². The molecule has 1 N–H and O–H groups in total.